The number of ketones is 1. The Morgan fingerprint density at radius 1 is 1.07 bits per heavy atom. The minimum absolute atomic E-state index is 0.0310. The molecule has 0 saturated carbocycles. The van der Waals surface area contributed by atoms with Crippen molar-refractivity contribution in [3.8, 4) is 11.4 Å². The molecule has 2 atom stereocenters. The average molecular weight is 569 g/mol. The number of hydrogen-bond donors (Lipinski definition) is 3. The predicted molar refractivity (Wildman–Crippen MR) is 148 cm³/mol. The molecule has 2 unspecified atom stereocenters. The van der Waals surface area contributed by atoms with E-state index >= 15 is 0 Å². The number of carbonyl (C=O) groups is 4. The summed E-state index contributed by atoms with van der Waals surface area (Å²) >= 11 is 1.34. The standard InChI is InChI=1S/C27H32N6O6S/c1-17(2)26(30-24(35)12-19-11-20(9-10-23(19)39-3)33-16-28-31-32-33)27(38)29-21(13-25(36)37)22(34)15-40-14-18-7-5-4-6-8-18/h4-11,16-17,21,26H,12-15H2,1-3H3,(H,29,38)(H,30,35)(H,36,37). The quantitative estimate of drug-likeness (QED) is 0.246. The highest BCUT2D eigenvalue weighted by Crippen LogP contribution is 2.22. The molecule has 2 aromatic carbocycles. The molecule has 12 nitrogen and oxygen atoms in total. The fourth-order valence-electron chi connectivity index (χ4n) is 3.88. The minimum Gasteiger partial charge on any atom is -0.496 e. The van der Waals surface area contributed by atoms with E-state index in [0.29, 0.717) is 22.8 Å². The number of carbonyl (C=O) groups excluding carboxylic acids is 3. The van der Waals surface area contributed by atoms with Crippen molar-refractivity contribution in [1.29, 1.82) is 0 Å². The van der Waals surface area contributed by atoms with Crippen molar-refractivity contribution in [3.63, 3.8) is 0 Å². The van der Waals surface area contributed by atoms with Crippen molar-refractivity contribution in [3.05, 3.63) is 66.0 Å². The van der Waals surface area contributed by atoms with Gasteiger partial charge in [-0.1, -0.05) is 44.2 Å². The Kier molecular flexibility index (Phi) is 11.2. The number of aromatic nitrogens is 4. The topological polar surface area (TPSA) is 165 Å². The average Bonchev–Trinajstić information content (AvgIpc) is 3.46. The summed E-state index contributed by atoms with van der Waals surface area (Å²) in [5.41, 5.74) is 2.19. The van der Waals surface area contributed by atoms with Crippen LogP contribution in [0.4, 0.5) is 0 Å². The molecular weight excluding hydrogens is 536 g/mol. The highest BCUT2D eigenvalue weighted by molar-refractivity contribution is 7.99. The highest BCUT2D eigenvalue weighted by atomic mass is 32.2. The number of rotatable bonds is 15. The first-order chi connectivity index (χ1) is 19.2. The summed E-state index contributed by atoms with van der Waals surface area (Å²) in [5.74, 6) is -1.98. The number of benzene rings is 2. The molecule has 40 heavy (non-hydrogen) atoms. The van der Waals surface area contributed by atoms with Gasteiger partial charge < -0.3 is 20.5 Å². The molecule has 1 heterocycles. The lowest BCUT2D eigenvalue weighted by molar-refractivity contribution is -0.140. The Morgan fingerprint density at radius 3 is 2.45 bits per heavy atom. The van der Waals surface area contributed by atoms with Gasteiger partial charge in [0.2, 0.25) is 11.8 Å². The number of nitrogens with zero attached hydrogens (tertiary/aromatic N) is 4. The van der Waals surface area contributed by atoms with E-state index in [1.807, 2.05) is 30.3 Å². The summed E-state index contributed by atoms with van der Waals surface area (Å²) in [7, 11) is 1.48. The number of methoxy groups -OCH3 is 1. The first-order valence-electron chi connectivity index (χ1n) is 12.5. The van der Waals surface area contributed by atoms with Crippen LogP contribution >= 0.6 is 11.8 Å². The van der Waals surface area contributed by atoms with Crippen molar-refractivity contribution >= 4 is 35.3 Å². The SMILES string of the molecule is COc1ccc(-n2cnnn2)cc1CC(=O)NC(C(=O)NC(CC(=O)O)C(=O)CSCc1ccccc1)C(C)C. The molecule has 0 aliphatic heterocycles. The zero-order chi connectivity index (χ0) is 29.1. The number of thioether (sulfide) groups is 1. The third-order valence-corrected chi connectivity index (χ3v) is 6.96. The molecule has 0 spiro atoms. The van der Waals surface area contributed by atoms with Crippen LogP contribution in [0.25, 0.3) is 5.69 Å². The van der Waals surface area contributed by atoms with Crippen molar-refractivity contribution in [2.45, 2.75) is 44.5 Å². The van der Waals surface area contributed by atoms with E-state index in [2.05, 4.69) is 26.2 Å². The smallest absolute Gasteiger partial charge is 0.305 e. The molecule has 212 valence electrons. The zero-order valence-corrected chi connectivity index (χ0v) is 23.3. The summed E-state index contributed by atoms with van der Waals surface area (Å²) in [6, 6.07) is 12.5. The number of ether oxygens (including phenoxy) is 1. The van der Waals surface area contributed by atoms with E-state index in [1.165, 1.54) is 29.9 Å². The van der Waals surface area contributed by atoms with Gasteiger partial charge in [0.05, 0.1) is 37.4 Å². The predicted octanol–water partition coefficient (Wildman–Crippen LogP) is 1.82. The van der Waals surface area contributed by atoms with Crippen LogP contribution in [0.15, 0.2) is 54.9 Å². The lowest BCUT2D eigenvalue weighted by Gasteiger charge is -2.25. The van der Waals surface area contributed by atoms with E-state index in [4.69, 9.17) is 4.74 Å². The number of tetrazole rings is 1. The van der Waals surface area contributed by atoms with Crippen LogP contribution < -0.4 is 15.4 Å². The highest BCUT2D eigenvalue weighted by Gasteiger charge is 2.30. The Hall–Kier alpha value is -4.26. The molecule has 13 heteroatoms. The van der Waals surface area contributed by atoms with Gasteiger partial charge >= 0.3 is 5.97 Å². The van der Waals surface area contributed by atoms with Crippen LogP contribution in [0.3, 0.4) is 0 Å². The summed E-state index contributed by atoms with van der Waals surface area (Å²) in [5, 5.41) is 25.7. The van der Waals surface area contributed by atoms with Gasteiger partial charge in [-0.3, -0.25) is 19.2 Å². The van der Waals surface area contributed by atoms with Gasteiger partial charge in [0.1, 0.15) is 18.1 Å². The number of hydrogen-bond acceptors (Lipinski definition) is 9. The Balaban J connectivity index is 1.65. The maximum atomic E-state index is 13.2. The largest absolute Gasteiger partial charge is 0.496 e. The first-order valence-corrected chi connectivity index (χ1v) is 13.7. The van der Waals surface area contributed by atoms with Crippen molar-refractivity contribution < 1.29 is 29.0 Å². The normalized spacial score (nSPS) is 12.4. The second-order valence-corrected chi connectivity index (χ2v) is 10.3. The lowest BCUT2D eigenvalue weighted by Crippen LogP contribution is -2.54. The number of carboxylic acids is 1. The molecule has 0 fully saturated rings. The second kappa shape index (κ2) is 14.8. The fourth-order valence-corrected chi connectivity index (χ4v) is 4.82. The second-order valence-electron chi connectivity index (χ2n) is 9.32. The first kappa shape index (κ1) is 30.3. The van der Waals surface area contributed by atoms with Crippen LogP contribution in [0.2, 0.25) is 0 Å². The summed E-state index contributed by atoms with van der Waals surface area (Å²) in [6.45, 7) is 3.49. The third-order valence-electron chi connectivity index (χ3n) is 5.93. The van der Waals surface area contributed by atoms with Crippen LogP contribution in [-0.4, -0.2) is 73.8 Å². The van der Waals surface area contributed by atoms with Gasteiger partial charge in [-0.15, -0.1) is 16.9 Å². The zero-order valence-electron chi connectivity index (χ0n) is 22.4. The van der Waals surface area contributed by atoms with Crippen LogP contribution in [0.5, 0.6) is 5.75 Å². The van der Waals surface area contributed by atoms with Crippen molar-refractivity contribution in [2.24, 2.45) is 5.92 Å². The molecule has 0 saturated heterocycles. The van der Waals surface area contributed by atoms with E-state index < -0.39 is 42.1 Å². The van der Waals surface area contributed by atoms with Gasteiger partial charge in [0.15, 0.2) is 5.78 Å². The Labute approximate surface area is 235 Å². The van der Waals surface area contributed by atoms with E-state index in [1.54, 1.807) is 32.0 Å². The van der Waals surface area contributed by atoms with Gasteiger partial charge in [-0.25, -0.2) is 4.68 Å². The van der Waals surface area contributed by atoms with Crippen molar-refractivity contribution in [1.82, 2.24) is 30.8 Å². The summed E-state index contributed by atoms with van der Waals surface area (Å²) in [4.78, 5) is 50.5. The minimum atomic E-state index is -1.22. The lowest BCUT2D eigenvalue weighted by atomic mass is 10.0. The maximum absolute atomic E-state index is 13.2. The van der Waals surface area contributed by atoms with Gasteiger partial charge in [-0.2, -0.15) is 0 Å². The number of carboxylic acid groups (broad SMARTS) is 1. The van der Waals surface area contributed by atoms with Crippen LogP contribution in [0, 0.1) is 5.92 Å². The molecule has 1 aromatic heterocycles. The van der Waals surface area contributed by atoms with E-state index in [9.17, 15) is 24.3 Å². The number of aliphatic carboxylic acids is 1. The van der Waals surface area contributed by atoms with Crippen LogP contribution in [0.1, 0.15) is 31.4 Å². The maximum Gasteiger partial charge on any atom is 0.305 e. The summed E-state index contributed by atoms with van der Waals surface area (Å²) in [6.07, 6.45) is 0.749. The molecule has 0 bridgehead atoms. The van der Waals surface area contributed by atoms with Crippen LogP contribution in [-0.2, 0) is 31.4 Å². The third kappa shape index (κ3) is 8.90. The molecule has 0 radical (unpaired) electrons. The number of nitrogens with one attached hydrogen (secondary N) is 2. The number of amides is 2. The van der Waals surface area contributed by atoms with E-state index in [0.717, 1.165) is 5.56 Å². The molecule has 3 rings (SSSR count). The molecular formula is C27H32N6O6S. The Bertz CT molecular complexity index is 1300. The van der Waals surface area contributed by atoms with Gasteiger partial charge in [0, 0.05) is 11.3 Å². The molecule has 0 aliphatic rings. The van der Waals surface area contributed by atoms with E-state index in [-0.39, 0.29) is 18.1 Å². The fraction of sp³-hybridized carbons (Fsp3) is 0.370. The molecule has 3 N–H and O–H groups in total. The van der Waals surface area contributed by atoms with Gasteiger partial charge in [0.25, 0.3) is 0 Å². The van der Waals surface area contributed by atoms with Crippen molar-refractivity contribution in [2.75, 3.05) is 12.9 Å². The summed E-state index contributed by atoms with van der Waals surface area (Å²) < 4.78 is 6.81. The number of Topliss-reactive ketones (excluding diaryl/α,β-unsaturated/α-hetero) is 1. The molecule has 3 aromatic rings. The molecule has 2 amide bonds. The molecule has 0 aliphatic carbocycles. The van der Waals surface area contributed by atoms with Gasteiger partial charge in [-0.05, 0) is 40.1 Å². The Morgan fingerprint density at radius 2 is 1.82 bits per heavy atom. The monoisotopic (exact) mass is 568 g/mol.